The quantitative estimate of drug-likeness (QED) is 0.320. The largest absolute Gasteiger partial charge is 0.466 e. The van der Waals surface area contributed by atoms with E-state index in [1.807, 2.05) is 0 Å². The van der Waals surface area contributed by atoms with Crippen molar-refractivity contribution in [3.8, 4) is 0 Å². The normalized spacial score (nSPS) is 42.7. The summed E-state index contributed by atoms with van der Waals surface area (Å²) in [5, 5.41) is 0. The molecule has 0 heterocycles. The van der Waals surface area contributed by atoms with Crippen molar-refractivity contribution in [2.24, 2.45) is 40.4 Å². The van der Waals surface area contributed by atoms with Crippen molar-refractivity contribution in [3.63, 3.8) is 0 Å². The predicted molar refractivity (Wildman–Crippen MR) is 121 cm³/mol. The van der Waals surface area contributed by atoms with Crippen molar-refractivity contribution in [1.82, 2.24) is 0 Å². The Balaban J connectivity index is 1.52. The fourth-order valence-electron chi connectivity index (χ4n) is 8.30. The van der Waals surface area contributed by atoms with E-state index >= 15 is 0 Å². The minimum absolute atomic E-state index is 0.0699. The maximum Gasteiger partial charge on any atom is 0.330 e. The first-order valence-corrected chi connectivity index (χ1v) is 12.3. The fourth-order valence-corrected chi connectivity index (χ4v) is 8.30. The number of carbonyl (C=O) groups is 2. The molecule has 0 aromatic rings. The third-order valence-corrected chi connectivity index (χ3v) is 9.84. The third-order valence-electron chi connectivity index (χ3n) is 9.84. The molecule has 4 aliphatic carbocycles. The summed E-state index contributed by atoms with van der Waals surface area (Å²) in [6.45, 7) is 8.84. The summed E-state index contributed by atoms with van der Waals surface area (Å²) in [4.78, 5) is 23.0. The SMILES string of the molecule is COC(=O)/C=C/[C@H](C)C1CCC2C3CC=C4C[C@@H](OC(C)=O)CC[C@]4(C)C3CC[C@@]21C. The van der Waals surface area contributed by atoms with Crippen molar-refractivity contribution >= 4 is 11.9 Å². The molecular formula is C27H40O4. The maximum atomic E-state index is 11.6. The molecule has 172 valence electrons. The first-order valence-electron chi connectivity index (χ1n) is 12.3. The molecule has 0 N–H and O–H groups in total. The van der Waals surface area contributed by atoms with Gasteiger partial charge in [-0.3, -0.25) is 4.79 Å². The minimum atomic E-state index is -0.252. The van der Waals surface area contributed by atoms with Crippen LogP contribution in [-0.4, -0.2) is 25.2 Å². The van der Waals surface area contributed by atoms with E-state index in [0.29, 0.717) is 17.3 Å². The fraction of sp³-hybridized carbons (Fsp3) is 0.778. The van der Waals surface area contributed by atoms with Crippen LogP contribution < -0.4 is 0 Å². The second kappa shape index (κ2) is 8.41. The summed E-state index contributed by atoms with van der Waals surface area (Å²) in [6.07, 6.45) is 15.7. The number of hydrogen-bond acceptors (Lipinski definition) is 4. The molecule has 0 radical (unpaired) electrons. The van der Waals surface area contributed by atoms with Gasteiger partial charge in [-0.05, 0) is 85.4 Å². The molecule has 0 bridgehead atoms. The molecule has 0 spiro atoms. The second-order valence-electron chi connectivity index (χ2n) is 11.2. The summed E-state index contributed by atoms with van der Waals surface area (Å²) >= 11 is 0. The van der Waals surface area contributed by atoms with E-state index in [4.69, 9.17) is 9.47 Å². The molecule has 4 aliphatic rings. The maximum absolute atomic E-state index is 11.6. The smallest absolute Gasteiger partial charge is 0.330 e. The topological polar surface area (TPSA) is 52.6 Å². The number of hydrogen-bond donors (Lipinski definition) is 0. The van der Waals surface area contributed by atoms with Gasteiger partial charge in [0.2, 0.25) is 0 Å². The minimum Gasteiger partial charge on any atom is -0.466 e. The monoisotopic (exact) mass is 428 g/mol. The number of methoxy groups -OCH3 is 1. The zero-order chi connectivity index (χ0) is 22.4. The van der Waals surface area contributed by atoms with Gasteiger partial charge in [0.15, 0.2) is 0 Å². The average molecular weight is 429 g/mol. The number of carbonyl (C=O) groups excluding carboxylic acids is 2. The Morgan fingerprint density at radius 3 is 2.61 bits per heavy atom. The van der Waals surface area contributed by atoms with E-state index in [2.05, 4.69) is 32.9 Å². The highest BCUT2D eigenvalue weighted by atomic mass is 16.5. The van der Waals surface area contributed by atoms with Crippen molar-refractivity contribution in [2.75, 3.05) is 7.11 Å². The molecule has 0 aromatic heterocycles. The number of ether oxygens (including phenoxy) is 2. The van der Waals surface area contributed by atoms with Crippen LogP contribution in [0, 0.1) is 40.4 Å². The molecule has 0 aliphatic heterocycles. The van der Waals surface area contributed by atoms with Crippen molar-refractivity contribution in [1.29, 1.82) is 0 Å². The van der Waals surface area contributed by atoms with Crippen molar-refractivity contribution in [3.05, 3.63) is 23.8 Å². The summed E-state index contributed by atoms with van der Waals surface area (Å²) < 4.78 is 10.4. The molecule has 4 rings (SSSR count). The summed E-state index contributed by atoms with van der Waals surface area (Å²) in [5.74, 6) is 2.92. The van der Waals surface area contributed by atoms with Crippen LogP contribution in [0.4, 0.5) is 0 Å². The van der Waals surface area contributed by atoms with E-state index in [0.717, 1.165) is 37.0 Å². The van der Waals surface area contributed by atoms with Crippen molar-refractivity contribution in [2.45, 2.75) is 85.2 Å². The first-order chi connectivity index (χ1) is 14.7. The van der Waals surface area contributed by atoms with Gasteiger partial charge < -0.3 is 9.47 Å². The summed E-state index contributed by atoms with van der Waals surface area (Å²) in [6, 6.07) is 0. The van der Waals surface area contributed by atoms with Crippen LogP contribution in [0.5, 0.6) is 0 Å². The van der Waals surface area contributed by atoms with Crippen LogP contribution in [0.3, 0.4) is 0 Å². The van der Waals surface area contributed by atoms with E-state index in [1.54, 1.807) is 11.6 Å². The zero-order valence-electron chi connectivity index (χ0n) is 20.0. The lowest BCUT2D eigenvalue weighted by Crippen LogP contribution is -2.51. The van der Waals surface area contributed by atoms with Gasteiger partial charge in [0, 0.05) is 19.4 Å². The third kappa shape index (κ3) is 3.89. The molecule has 0 saturated heterocycles. The molecule has 3 saturated carbocycles. The van der Waals surface area contributed by atoms with Crippen LogP contribution in [-0.2, 0) is 19.1 Å². The molecule has 0 amide bonds. The predicted octanol–water partition coefficient (Wildman–Crippen LogP) is 5.86. The standard InChI is InChI=1S/C27H40O4/c1-17(6-11-25(29)30-5)22-9-10-23-21-8-7-19-16-20(31-18(2)28)12-14-26(19,3)24(21)13-15-27(22,23)4/h6-7,11,17,20-24H,8-10,12-16H2,1-5H3/b11-6+/t17-,20-,21?,22?,23?,24?,26-,27+/m0/s1. The molecule has 4 unspecified atom stereocenters. The number of allylic oxidation sites excluding steroid dienone is 2. The Bertz CT molecular complexity index is 782. The van der Waals surface area contributed by atoms with E-state index < -0.39 is 0 Å². The Morgan fingerprint density at radius 2 is 1.90 bits per heavy atom. The lowest BCUT2D eigenvalue weighted by atomic mass is 9.47. The van der Waals surface area contributed by atoms with E-state index in [9.17, 15) is 9.59 Å². The van der Waals surface area contributed by atoms with Crippen LogP contribution in [0.25, 0.3) is 0 Å². The van der Waals surface area contributed by atoms with Gasteiger partial charge in [0.25, 0.3) is 0 Å². The average Bonchev–Trinajstić information content (AvgIpc) is 3.09. The Hall–Kier alpha value is -1.58. The zero-order valence-corrected chi connectivity index (χ0v) is 20.0. The number of rotatable bonds is 4. The summed E-state index contributed by atoms with van der Waals surface area (Å²) in [7, 11) is 1.44. The molecule has 4 nitrogen and oxygen atoms in total. The van der Waals surface area contributed by atoms with Crippen LogP contribution in [0.1, 0.15) is 79.1 Å². The Labute approximate surface area is 187 Å². The van der Waals surface area contributed by atoms with Gasteiger partial charge in [-0.2, -0.15) is 0 Å². The van der Waals surface area contributed by atoms with Crippen LogP contribution in [0.15, 0.2) is 23.8 Å². The highest BCUT2D eigenvalue weighted by Gasteiger charge is 2.59. The van der Waals surface area contributed by atoms with Gasteiger partial charge in [-0.1, -0.05) is 38.5 Å². The molecule has 8 atom stereocenters. The number of esters is 2. The molecular weight excluding hydrogens is 388 g/mol. The van der Waals surface area contributed by atoms with Gasteiger partial charge in [-0.15, -0.1) is 0 Å². The molecule has 31 heavy (non-hydrogen) atoms. The molecule has 3 fully saturated rings. The van der Waals surface area contributed by atoms with Crippen LogP contribution >= 0.6 is 0 Å². The van der Waals surface area contributed by atoms with Gasteiger partial charge in [-0.25, -0.2) is 4.79 Å². The molecule has 4 heteroatoms. The van der Waals surface area contributed by atoms with Gasteiger partial charge in [0.1, 0.15) is 6.10 Å². The summed E-state index contributed by atoms with van der Waals surface area (Å²) in [5.41, 5.74) is 2.19. The Morgan fingerprint density at radius 1 is 1.13 bits per heavy atom. The Kier molecular flexibility index (Phi) is 6.13. The highest BCUT2D eigenvalue weighted by Crippen LogP contribution is 2.67. The van der Waals surface area contributed by atoms with E-state index in [1.165, 1.54) is 46.1 Å². The van der Waals surface area contributed by atoms with E-state index in [-0.39, 0.29) is 23.5 Å². The lowest BCUT2D eigenvalue weighted by molar-refractivity contribution is -0.148. The molecule has 0 aromatic carbocycles. The highest BCUT2D eigenvalue weighted by molar-refractivity contribution is 5.81. The second-order valence-corrected chi connectivity index (χ2v) is 11.2. The lowest BCUT2D eigenvalue weighted by Gasteiger charge is -2.58. The van der Waals surface area contributed by atoms with Crippen molar-refractivity contribution < 1.29 is 19.1 Å². The van der Waals surface area contributed by atoms with Gasteiger partial charge in [0.05, 0.1) is 7.11 Å². The number of fused-ring (bicyclic) bond motifs is 5. The van der Waals surface area contributed by atoms with Gasteiger partial charge >= 0.3 is 11.9 Å². The first kappa shape index (κ1) is 22.6. The van der Waals surface area contributed by atoms with Crippen LogP contribution in [0.2, 0.25) is 0 Å².